The lowest BCUT2D eigenvalue weighted by Gasteiger charge is -2.36. The van der Waals surface area contributed by atoms with Gasteiger partial charge in [0, 0.05) is 23.3 Å². The largest absolute Gasteiger partial charge is 0.390 e. The normalized spacial score (nSPS) is 25.7. The van der Waals surface area contributed by atoms with Crippen LogP contribution in [0.15, 0.2) is 53.3 Å². The molecule has 1 saturated carbocycles. The molecule has 21 heavy (non-hydrogen) atoms. The highest BCUT2D eigenvalue weighted by molar-refractivity contribution is 9.10. The van der Waals surface area contributed by atoms with Crippen molar-refractivity contribution in [2.24, 2.45) is 0 Å². The Labute approximate surface area is 134 Å². The maximum Gasteiger partial charge on any atom is 0.0689 e. The molecule has 2 aromatic rings. The van der Waals surface area contributed by atoms with Crippen LogP contribution >= 0.6 is 15.9 Å². The first-order valence-electron chi connectivity index (χ1n) is 7.51. The molecule has 1 aliphatic rings. The highest BCUT2D eigenvalue weighted by Crippen LogP contribution is 2.39. The average Bonchev–Trinajstić information content (AvgIpc) is 2.48. The van der Waals surface area contributed by atoms with Crippen LogP contribution in [0.4, 0.5) is 0 Å². The quantitative estimate of drug-likeness (QED) is 0.889. The molecule has 1 heterocycles. The van der Waals surface area contributed by atoms with E-state index in [9.17, 15) is 5.11 Å². The number of rotatable bonds is 3. The highest BCUT2D eigenvalue weighted by atomic mass is 79.9. The summed E-state index contributed by atoms with van der Waals surface area (Å²) < 4.78 is 0.974. The fourth-order valence-electron chi connectivity index (χ4n) is 3.32. The molecule has 0 aliphatic heterocycles. The Morgan fingerprint density at radius 1 is 1.14 bits per heavy atom. The topological polar surface area (TPSA) is 33.1 Å². The monoisotopic (exact) mass is 345 g/mol. The van der Waals surface area contributed by atoms with Gasteiger partial charge in [-0.05, 0) is 64.7 Å². The van der Waals surface area contributed by atoms with Crippen LogP contribution < -0.4 is 0 Å². The van der Waals surface area contributed by atoms with Gasteiger partial charge in [-0.15, -0.1) is 0 Å². The minimum Gasteiger partial charge on any atom is -0.390 e. The fraction of sp³-hybridized carbons (Fsp3) is 0.389. The van der Waals surface area contributed by atoms with Crippen LogP contribution in [0.1, 0.15) is 42.7 Å². The number of benzene rings is 1. The summed E-state index contributed by atoms with van der Waals surface area (Å²) in [6.07, 6.45) is 8.16. The van der Waals surface area contributed by atoms with Crippen molar-refractivity contribution in [3.63, 3.8) is 0 Å². The number of hydrogen-bond donors (Lipinski definition) is 1. The Kier molecular flexibility index (Phi) is 4.41. The van der Waals surface area contributed by atoms with E-state index in [2.05, 4.69) is 51.2 Å². The smallest absolute Gasteiger partial charge is 0.0689 e. The van der Waals surface area contributed by atoms with E-state index < -0.39 is 5.60 Å². The molecule has 1 aliphatic carbocycles. The first-order chi connectivity index (χ1) is 10.1. The molecule has 1 fully saturated rings. The number of pyridine rings is 1. The average molecular weight is 346 g/mol. The summed E-state index contributed by atoms with van der Waals surface area (Å²) in [6.45, 7) is 0. The number of nitrogens with zero attached hydrogens (tertiary/aromatic N) is 1. The predicted octanol–water partition coefficient (Wildman–Crippen LogP) is 4.48. The molecule has 0 saturated heterocycles. The van der Waals surface area contributed by atoms with E-state index in [-0.39, 0.29) is 0 Å². The van der Waals surface area contributed by atoms with Gasteiger partial charge in [-0.1, -0.05) is 30.3 Å². The molecule has 1 N–H and O–H groups in total. The Morgan fingerprint density at radius 3 is 2.52 bits per heavy atom. The highest BCUT2D eigenvalue weighted by Gasteiger charge is 2.33. The second-order valence-corrected chi connectivity index (χ2v) is 7.01. The molecule has 0 bridgehead atoms. The predicted molar refractivity (Wildman–Crippen MR) is 88.2 cm³/mol. The standard InChI is InChI=1S/C18H20BrNO/c19-17-10-14(12-20-13-17)11-18(21)8-6-16(7-9-18)15-4-2-1-3-5-15/h1-5,10,12-13,16,21H,6-9,11H2. The van der Waals surface area contributed by atoms with E-state index in [1.54, 1.807) is 6.20 Å². The Bertz CT molecular complexity index is 591. The minimum absolute atomic E-state index is 0.576. The van der Waals surface area contributed by atoms with Crippen molar-refractivity contribution < 1.29 is 5.11 Å². The number of halogens is 1. The molecule has 2 nitrogen and oxygen atoms in total. The van der Waals surface area contributed by atoms with Gasteiger partial charge in [0.1, 0.15) is 0 Å². The molecule has 0 spiro atoms. The Hall–Kier alpha value is -1.19. The molecule has 0 atom stereocenters. The van der Waals surface area contributed by atoms with Gasteiger partial charge in [-0.2, -0.15) is 0 Å². The number of hydrogen-bond acceptors (Lipinski definition) is 2. The molecule has 1 aromatic heterocycles. The van der Waals surface area contributed by atoms with Crippen molar-refractivity contribution in [3.8, 4) is 0 Å². The van der Waals surface area contributed by atoms with Gasteiger partial charge in [-0.3, -0.25) is 4.98 Å². The summed E-state index contributed by atoms with van der Waals surface area (Å²) in [5.41, 5.74) is 1.93. The third kappa shape index (κ3) is 3.72. The third-order valence-electron chi connectivity index (χ3n) is 4.48. The van der Waals surface area contributed by atoms with Crippen LogP contribution in [-0.4, -0.2) is 15.7 Å². The van der Waals surface area contributed by atoms with E-state index >= 15 is 0 Å². The molecule has 0 amide bonds. The first-order valence-corrected chi connectivity index (χ1v) is 8.31. The van der Waals surface area contributed by atoms with E-state index in [1.165, 1.54) is 5.56 Å². The van der Waals surface area contributed by atoms with Crippen LogP contribution in [0.3, 0.4) is 0 Å². The summed E-state index contributed by atoms with van der Waals surface area (Å²) in [4.78, 5) is 4.19. The Morgan fingerprint density at radius 2 is 1.86 bits per heavy atom. The van der Waals surface area contributed by atoms with Crippen molar-refractivity contribution in [2.75, 3.05) is 0 Å². The van der Waals surface area contributed by atoms with Gasteiger partial charge in [0.2, 0.25) is 0 Å². The maximum atomic E-state index is 10.8. The zero-order valence-electron chi connectivity index (χ0n) is 12.0. The minimum atomic E-state index is -0.576. The first kappa shape index (κ1) is 14.7. The summed E-state index contributed by atoms with van der Waals surface area (Å²) in [5, 5.41) is 10.8. The number of aliphatic hydroxyl groups is 1. The Balaban J connectivity index is 1.64. The van der Waals surface area contributed by atoms with E-state index in [4.69, 9.17) is 0 Å². The zero-order chi connectivity index (χ0) is 14.7. The fourth-order valence-corrected chi connectivity index (χ4v) is 3.74. The van der Waals surface area contributed by atoms with E-state index in [0.717, 1.165) is 35.7 Å². The van der Waals surface area contributed by atoms with Crippen LogP contribution in [0, 0.1) is 0 Å². The van der Waals surface area contributed by atoms with Gasteiger partial charge in [0.05, 0.1) is 5.60 Å². The lowest BCUT2D eigenvalue weighted by Crippen LogP contribution is -2.35. The van der Waals surface area contributed by atoms with Crippen molar-refractivity contribution in [2.45, 2.75) is 43.6 Å². The maximum absolute atomic E-state index is 10.8. The van der Waals surface area contributed by atoms with Gasteiger partial charge >= 0.3 is 0 Å². The summed E-state index contributed by atoms with van der Waals surface area (Å²) in [5.74, 6) is 0.590. The van der Waals surface area contributed by atoms with Crippen molar-refractivity contribution >= 4 is 15.9 Å². The summed E-state index contributed by atoms with van der Waals surface area (Å²) >= 11 is 3.44. The lowest BCUT2D eigenvalue weighted by molar-refractivity contribution is -0.000530. The lowest BCUT2D eigenvalue weighted by atomic mass is 9.74. The summed E-state index contributed by atoms with van der Waals surface area (Å²) in [6, 6.07) is 12.7. The van der Waals surface area contributed by atoms with Crippen LogP contribution in [0.5, 0.6) is 0 Å². The second kappa shape index (κ2) is 6.29. The molecular weight excluding hydrogens is 326 g/mol. The van der Waals surface area contributed by atoms with Crippen molar-refractivity contribution in [1.29, 1.82) is 0 Å². The van der Waals surface area contributed by atoms with Crippen molar-refractivity contribution in [3.05, 3.63) is 64.4 Å². The molecule has 1 aromatic carbocycles. The SMILES string of the molecule is OC1(Cc2cncc(Br)c2)CCC(c2ccccc2)CC1. The zero-order valence-corrected chi connectivity index (χ0v) is 13.6. The van der Waals surface area contributed by atoms with Gasteiger partial charge in [0.15, 0.2) is 0 Å². The van der Waals surface area contributed by atoms with Gasteiger partial charge in [0.25, 0.3) is 0 Å². The van der Waals surface area contributed by atoms with E-state index in [1.807, 2.05) is 12.3 Å². The molecule has 110 valence electrons. The number of aromatic nitrogens is 1. The van der Waals surface area contributed by atoms with Gasteiger partial charge in [-0.25, -0.2) is 0 Å². The third-order valence-corrected chi connectivity index (χ3v) is 4.92. The van der Waals surface area contributed by atoms with E-state index in [0.29, 0.717) is 12.3 Å². The molecule has 3 heteroatoms. The van der Waals surface area contributed by atoms with Crippen LogP contribution in [0.25, 0.3) is 0 Å². The molecular formula is C18H20BrNO. The summed E-state index contributed by atoms with van der Waals surface area (Å²) in [7, 11) is 0. The molecule has 0 unspecified atom stereocenters. The van der Waals surface area contributed by atoms with Gasteiger partial charge < -0.3 is 5.11 Å². The second-order valence-electron chi connectivity index (χ2n) is 6.10. The molecule has 3 rings (SSSR count). The van der Waals surface area contributed by atoms with Crippen molar-refractivity contribution in [1.82, 2.24) is 4.98 Å². The van der Waals surface area contributed by atoms with Crippen LogP contribution in [-0.2, 0) is 6.42 Å². The van der Waals surface area contributed by atoms with Crippen LogP contribution in [0.2, 0.25) is 0 Å². The molecule has 0 radical (unpaired) electrons.